The highest BCUT2D eigenvalue weighted by Gasteiger charge is 2.28. The van der Waals surface area contributed by atoms with E-state index < -0.39 is 0 Å². The van der Waals surface area contributed by atoms with E-state index in [1.54, 1.807) is 12.0 Å². The fourth-order valence-electron chi connectivity index (χ4n) is 4.64. The first-order valence-electron chi connectivity index (χ1n) is 11.6. The first kappa shape index (κ1) is 22.5. The number of likely N-dealkylation sites (N-methyl/N-ethyl adjacent to an activating group) is 1. The average molecular weight is 435 g/mol. The van der Waals surface area contributed by atoms with Gasteiger partial charge in [0.1, 0.15) is 5.65 Å². The number of aryl methyl sites for hydroxylation is 1. The van der Waals surface area contributed by atoms with Gasteiger partial charge in [0, 0.05) is 39.5 Å². The Labute approximate surface area is 190 Å². The lowest BCUT2D eigenvalue weighted by atomic mass is 10.0. The molecule has 1 amide bonds. The molecule has 0 spiro atoms. The predicted molar refractivity (Wildman–Crippen MR) is 127 cm³/mol. The summed E-state index contributed by atoms with van der Waals surface area (Å²) in [5, 5.41) is 0. The SMILES string of the molecule is COC[C@H]1CCCCN1Cc1c(C(=O)N(C)CCc2ccccc2)nc2c(C)cccn12. The summed E-state index contributed by atoms with van der Waals surface area (Å²) in [7, 11) is 3.64. The van der Waals surface area contributed by atoms with Crippen molar-refractivity contribution in [1.82, 2.24) is 19.2 Å². The molecule has 1 atom stereocenters. The van der Waals surface area contributed by atoms with E-state index in [1.165, 1.54) is 18.4 Å². The fourth-order valence-corrected chi connectivity index (χ4v) is 4.64. The summed E-state index contributed by atoms with van der Waals surface area (Å²) in [4.78, 5) is 22.6. The van der Waals surface area contributed by atoms with E-state index in [2.05, 4.69) is 21.4 Å². The highest BCUT2D eigenvalue weighted by Crippen LogP contribution is 2.24. The number of nitrogens with zero attached hydrogens (tertiary/aromatic N) is 4. The van der Waals surface area contributed by atoms with E-state index in [-0.39, 0.29) is 5.91 Å². The number of pyridine rings is 1. The molecule has 2 aromatic heterocycles. The number of carbonyl (C=O) groups is 1. The van der Waals surface area contributed by atoms with Crippen LogP contribution in [0.1, 0.15) is 46.6 Å². The Balaban J connectivity index is 1.61. The number of imidazole rings is 1. The number of hydrogen-bond acceptors (Lipinski definition) is 4. The van der Waals surface area contributed by atoms with Gasteiger partial charge in [-0.15, -0.1) is 0 Å². The molecule has 0 radical (unpaired) electrons. The molecule has 170 valence electrons. The van der Waals surface area contributed by atoms with Crippen LogP contribution in [0.4, 0.5) is 0 Å². The van der Waals surface area contributed by atoms with Crippen molar-refractivity contribution < 1.29 is 9.53 Å². The van der Waals surface area contributed by atoms with Gasteiger partial charge in [0.15, 0.2) is 5.69 Å². The van der Waals surface area contributed by atoms with Crippen molar-refractivity contribution in [3.63, 3.8) is 0 Å². The number of ether oxygens (including phenoxy) is 1. The van der Waals surface area contributed by atoms with Crippen LogP contribution in [0.5, 0.6) is 0 Å². The maximum Gasteiger partial charge on any atom is 0.274 e. The van der Waals surface area contributed by atoms with E-state index in [4.69, 9.17) is 9.72 Å². The molecule has 1 saturated heterocycles. The Hall–Kier alpha value is -2.70. The normalized spacial score (nSPS) is 17.0. The summed E-state index contributed by atoms with van der Waals surface area (Å²) in [6.45, 7) is 5.14. The van der Waals surface area contributed by atoms with E-state index in [1.807, 2.05) is 50.5 Å². The standard InChI is InChI=1S/C26H34N4O2/c1-20-10-9-16-30-23(18-29-15-8-7-13-22(29)19-32-3)24(27-25(20)30)26(31)28(2)17-14-21-11-5-4-6-12-21/h4-6,9-12,16,22H,7-8,13-15,17-19H2,1-3H3/t22-/m1/s1. The Morgan fingerprint density at radius 1 is 1.19 bits per heavy atom. The summed E-state index contributed by atoms with van der Waals surface area (Å²) < 4.78 is 7.59. The Kier molecular flexibility index (Phi) is 7.22. The van der Waals surface area contributed by atoms with Crippen LogP contribution in [0, 0.1) is 6.92 Å². The van der Waals surface area contributed by atoms with Gasteiger partial charge < -0.3 is 14.0 Å². The summed E-state index contributed by atoms with van der Waals surface area (Å²) in [5.74, 6) is -0.0145. The van der Waals surface area contributed by atoms with Gasteiger partial charge in [-0.05, 0) is 49.9 Å². The van der Waals surface area contributed by atoms with Crippen molar-refractivity contribution in [2.75, 3.05) is 33.9 Å². The molecule has 32 heavy (non-hydrogen) atoms. The average Bonchev–Trinajstić information content (AvgIpc) is 3.19. The van der Waals surface area contributed by atoms with Gasteiger partial charge in [-0.25, -0.2) is 4.98 Å². The van der Waals surface area contributed by atoms with Gasteiger partial charge in [-0.3, -0.25) is 9.69 Å². The minimum atomic E-state index is -0.0145. The Morgan fingerprint density at radius 2 is 2.00 bits per heavy atom. The van der Waals surface area contributed by atoms with E-state index in [0.717, 1.165) is 42.9 Å². The summed E-state index contributed by atoms with van der Waals surface area (Å²) in [6, 6.07) is 14.8. The van der Waals surface area contributed by atoms with Gasteiger partial charge in [0.2, 0.25) is 0 Å². The van der Waals surface area contributed by atoms with Crippen LogP contribution < -0.4 is 0 Å². The third kappa shape index (κ3) is 4.87. The van der Waals surface area contributed by atoms with Gasteiger partial charge in [0.05, 0.1) is 12.3 Å². The maximum atomic E-state index is 13.5. The number of methoxy groups -OCH3 is 1. The molecule has 1 aliphatic rings. The number of piperidine rings is 1. The number of rotatable bonds is 8. The number of amides is 1. The number of benzene rings is 1. The van der Waals surface area contributed by atoms with Crippen LogP contribution in [-0.2, 0) is 17.7 Å². The van der Waals surface area contributed by atoms with Crippen molar-refractivity contribution in [3.8, 4) is 0 Å². The maximum absolute atomic E-state index is 13.5. The van der Waals surface area contributed by atoms with Crippen LogP contribution in [0.3, 0.4) is 0 Å². The zero-order chi connectivity index (χ0) is 22.5. The largest absolute Gasteiger partial charge is 0.383 e. The second kappa shape index (κ2) is 10.3. The lowest BCUT2D eigenvalue weighted by Gasteiger charge is -2.35. The topological polar surface area (TPSA) is 50.1 Å². The van der Waals surface area contributed by atoms with Crippen LogP contribution in [0.15, 0.2) is 48.7 Å². The second-order valence-electron chi connectivity index (χ2n) is 8.83. The third-order valence-corrected chi connectivity index (χ3v) is 6.53. The summed E-state index contributed by atoms with van der Waals surface area (Å²) in [5.41, 5.74) is 4.71. The number of aromatic nitrogens is 2. The highest BCUT2D eigenvalue weighted by molar-refractivity contribution is 5.94. The number of fused-ring (bicyclic) bond motifs is 1. The zero-order valence-electron chi connectivity index (χ0n) is 19.5. The van der Waals surface area contributed by atoms with Gasteiger partial charge in [-0.2, -0.15) is 0 Å². The molecule has 0 unspecified atom stereocenters. The minimum absolute atomic E-state index is 0.0145. The lowest BCUT2D eigenvalue weighted by molar-refractivity contribution is 0.0584. The van der Waals surface area contributed by atoms with Crippen molar-refractivity contribution in [1.29, 1.82) is 0 Å². The molecule has 1 aliphatic heterocycles. The molecule has 4 rings (SSSR count). The number of hydrogen-bond donors (Lipinski definition) is 0. The highest BCUT2D eigenvalue weighted by atomic mass is 16.5. The summed E-state index contributed by atoms with van der Waals surface area (Å²) >= 11 is 0. The van der Waals surface area contributed by atoms with Gasteiger partial charge in [0.25, 0.3) is 5.91 Å². The molecule has 0 bridgehead atoms. The van der Waals surface area contributed by atoms with E-state index >= 15 is 0 Å². The fraction of sp³-hybridized carbons (Fsp3) is 0.462. The molecule has 1 aromatic carbocycles. The first-order valence-corrected chi connectivity index (χ1v) is 11.6. The Morgan fingerprint density at radius 3 is 2.78 bits per heavy atom. The molecule has 6 heteroatoms. The molecular weight excluding hydrogens is 400 g/mol. The molecular formula is C26H34N4O2. The third-order valence-electron chi connectivity index (χ3n) is 6.53. The zero-order valence-corrected chi connectivity index (χ0v) is 19.5. The van der Waals surface area contributed by atoms with Crippen LogP contribution >= 0.6 is 0 Å². The van der Waals surface area contributed by atoms with Crippen molar-refractivity contribution >= 4 is 11.6 Å². The molecule has 3 heterocycles. The summed E-state index contributed by atoms with van der Waals surface area (Å²) in [6.07, 6.45) is 6.39. The molecule has 1 fully saturated rings. The number of carbonyl (C=O) groups excluding carboxylic acids is 1. The van der Waals surface area contributed by atoms with Crippen LogP contribution in [-0.4, -0.2) is 65.0 Å². The number of likely N-dealkylation sites (tertiary alicyclic amines) is 1. The van der Waals surface area contributed by atoms with Crippen molar-refractivity contribution in [2.24, 2.45) is 0 Å². The predicted octanol–water partition coefficient (Wildman–Crippen LogP) is 3.96. The first-order chi connectivity index (χ1) is 15.6. The van der Waals surface area contributed by atoms with Crippen LogP contribution in [0.25, 0.3) is 5.65 Å². The van der Waals surface area contributed by atoms with E-state index in [9.17, 15) is 4.79 Å². The molecule has 3 aromatic rings. The van der Waals surface area contributed by atoms with E-state index in [0.29, 0.717) is 24.8 Å². The molecule has 0 N–H and O–H groups in total. The molecule has 0 saturated carbocycles. The molecule has 0 aliphatic carbocycles. The monoisotopic (exact) mass is 434 g/mol. The van der Waals surface area contributed by atoms with Crippen LogP contribution in [0.2, 0.25) is 0 Å². The quantitative estimate of drug-likeness (QED) is 0.539. The van der Waals surface area contributed by atoms with Crippen molar-refractivity contribution in [3.05, 3.63) is 71.2 Å². The second-order valence-corrected chi connectivity index (χ2v) is 8.83. The minimum Gasteiger partial charge on any atom is -0.383 e. The van der Waals surface area contributed by atoms with Gasteiger partial charge in [-0.1, -0.05) is 42.8 Å². The lowest BCUT2D eigenvalue weighted by Crippen LogP contribution is -2.42. The molecule has 6 nitrogen and oxygen atoms in total. The smallest absolute Gasteiger partial charge is 0.274 e. The van der Waals surface area contributed by atoms with Gasteiger partial charge >= 0.3 is 0 Å². The van der Waals surface area contributed by atoms with Crippen molar-refractivity contribution in [2.45, 2.75) is 45.2 Å². The Bertz CT molecular complexity index is 1040.